The maximum absolute atomic E-state index is 12.3. The summed E-state index contributed by atoms with van der Waals surface area (Å²) in [5, 5.41) is 2.68. The number of carbonyl (C=O) groups is 2. The van der Waals surface area contributed by atoms with Gasteiger partial charge in [-0.2, -0.15) is 0 Å². The molecule has 9 heteroatoms. The lowest BCUT2D eigenvalue weighted by atomic mass is 10.2. The molecule has 1 aliphatic rings. The lowest BCUT2D eigenvalue weighted by Crippen LogP contribution is -2.37. The third-order valence-electron chi connectivity index (χ3n) is 3.69. The second-order valence-electron chi connectivity index (χ2n) is 6.73. The first-order chi connectivity index (χ1) is 12.1. The van der Waals surface area contributed by atoms with Crippen molar-refractivity contribution in [3.63, 3.8) is 0 Å². The van der Waals surface area contributed by atoms with Crippen LogP contribution in [0.4, 0.5) is 0 Å². The van der Waals surface area contributed by atoms with Gasteiger partial charge in [-0.05, 0) is 43.9 Å². The summed E-state index contributed by atoms with van der Waals surface area (Å²) in [6.07, 6.45) is 0.560. The van der Waals surface area contributed by atoms with Gasteiger partial charge in [0, 0.05) is 12.6 Å². The number of esters is 1. The highest BCUT2D eigenvalue weighted by atomic mass is 35.5. The summed E-state index contributed by atoms with van der Waals surface area (Å²) >= 11 is 5.98. The molecule has 1 aliphatic carbocycles. The van der Waals surface area contributed by atoms with Gasteiger partial charge in [0.05, 0.1) is 10.6 Å². The predicted octanol–water partition coefficient (Wildman–Crippen LogP) is 2.10. The second kappa shape index (κ2) is 8.37. The van der Waals surface area contributed by atoms with Crippen molar-refractivity contribution in [2.45, 2.75) is 50.7 Å². The van der Waals surface area contributed by atoms with Crippen LogP contribution in [0.3, 0.4) is 0 Å². The molecule has 0 heterocycles. The topological polar surface area (TPSA) is 102 Å². The first kappa shape index (κ1) is 20.7. The molecule has 0 unspecified atom stereocenters. The van der Waals surface area contributed by atoms with Gasteiger partial charge in [-0.15, -0.1) is 0 Å². The molecule has 1 aromatic rings. The van der Waals surface area contributed by atoms with Gasteiger partial charge in [0.1, 0.15) is 4.90 Å². The fourth-order valence-electron chi connectivity index (χ4n) is 2.05. The van der Waals surface area contributed by atoms with E-state index in [-0.39, 0.29) is 27.4 Å². The second-order valence-corrected chi connectivity index (χ2v) is 8.82. The Bertz CT molecular complexity index is 790. The zero-order chi connectivity index (χ0) is 19.5. The Labute approximate surface area is 158 Å². The minimum atomic E-state index is -3.82. The molecule has 1 fully saturated rings. The van der Waals surface area contributed by atoms with Crippen LogP contribution in [0.1, 0.15) is 44.0 Å². The largest absolute Gasteiger partial charge is 0.449 e. The minimum absolute atomic E-state index is 0.00841. The van der Waals surface area contributed by atoms with Crippen LogP contribution in [-0.2, 0) is 19.6 Å². The summed E-state index contributed by atoms with van der Waals surface area (Å²) in [4.78, 5) is 24.0. The Balaban J connectivity index is 2.09. The van der Waals surface area contributed by atoms with Crippen LogP contribution in [0.15, 0.2) is 23.1 Å². The van der Waals surface area contributed by atoms with Crippen molar-refractivity contribution in [3.8, 4) is 0 Å². The molecule has 0 saturated heterocycles. The van der Waals surface area contributed by atoms with Gasteiger partial charge in [-0.1, -0.05) is 25.4 Å². The minimum Gasteiger partial charge on any atom is -0.449 e. The van der Waals surface area contributed by atoms with E-state index in [9.17, 15) is 18.0 Å². The molecule has 0 aliphatic heterocycles. The molecule has 0 bridgehead atoms. The van der Waals surface area contributed by atoms with E-state index in [2.05, 4.69) is 10.0 Å². The number of amides is 1. The molecule has 0 spiro atoms. The van der Waals surface area contributed by atoms with E-state index >= 15 is 0 Å². The number of rotatable bonds is 8. The number of hydrogen-bond donors (Lipinski definition) is 2. The van der Waals surface area contributed by atoms with Crippen LogP contribution in [0.5, 0.6) is 0 Å². The number of carbonyl (C=O) groups excluding carboxylic acids is 2. The molecule has 2 rings (SSSR count). The number of sulfonamides is 1. The van der Waals surface area contributed by atoms with E-state index in [4.69, 9.17) is 16.3 Å². The van der Waals surface area contributed by atoms with Crippen LogP contribution in [-0.4, -0.2) is 39.0 Å². The van der Waals surface area contributed by atoms with Crippen molar-refractivity contribution in [1.82, 2.24) is 10.0 Å². The summed E-state index contributed by atoms with van der Waals surface area (Å²) in [5.74, 6) is -0.939. The van der Waals surface area contributed by atoms with Gasteiger partial charge in [-0.25, -0.2) is 17.9 Å². The van der Waals surface area contributed by atoms with Gasteiger partial charge in [0.25, 0.3) is 5.91 Å². The molecule has 0 aromatic heterocycles. The van der Waals surface area contributed by atoms with Crippen LogP contribution >= 0.6 is 11.6 Å². The molecule has 1 aromatic carbocycles. The van der Waals surface area contributed by atoms with E-state index in [1.807, 2.05) is 13.8 Å². The third-order valence-corrected chi connectivity index (χ3v) is 5.70. The van der Waals surface area contributed by atoms with Gasteiger partial charge < -0.3 is 10.1 Å². The fraction of sp³-hybridized carbons (Fsp3) is 0.529. The Kier molecular flexibility index (Phi) is 6.65. The molecule has 26 heavy (non-hydrogen) atoms. The predicted molar refractivity (Wildman–Crippen MR) is 97.5 cm³/mol. The maximum Gasteiger partial charge on any atom is 0.338 e. The fourth-order valence-corrected chi connectivity index (χ4v) is 3.88. The van der Waals surface area contributed by atoms with Crippen LogP contribution < -0.4 is 10.0 Å². The van der Waals surface area contributed by atoms with Gasteiger partial charge in [0.15, 0.2) is 6.10 Å². The van der Waals surface area contributed by atoms with Crippen LogP contribution in [0.25, 0.3) is 0 Å². The molecule has 1 amide bonds. The molecule has 144 valence electrons. The monoisotopic (exact) mass is 402 g/mol. The number of nitrogens with one attached hydrogen (secondary N) is 2. The zero-order valence-corrected chi connectivity index (χ0v) is 16.5. The van der Waals surface area contributed by atoms with Crippen molar-refractivity contribution in [2.24, 2.45) is 5.92 Å². The smallest absolute Gasteiger partial charge is 0.338 e. The molecule has 2 N–H and O–H groups in total. The van der Waals surface area contributed by atoms with Gasteiger partial charge in [-0.3, -0.25) is 4.79 Å². The average molecular weight is 403 g/mol. The number of hydrogen-bond acceptors (Lipinski definition) is 5. The number of ether oxygens (including phenoxy) is 1. The lowest BCUT2D eigenvalue weighted by molar-refractivity contribution is -0.129. The quantitative estimate of drug-likeness (QED) is 0.648. The van der Waals surface area contributed by atoms with Gasteiger partial charge >= 0.3 is 5.97 Å². The molecule has 7 nitrogen and oxygen atoms in total. The van der Waals surface area contributed by atoms with E-state index in [1.165, 1.54) is 19.1 Å². The number of halogens is 1. The molecular formula is C17H23ClN2O5S. The highest BCUT2D eigenvalue weighted by Crippen LogP contribution is 2.27. The van der Waals surface area contributed by atoms with Crippen molar-refractivity contribution in [1.29, 1.82) is 0 Å². The lowest BCUT2D eigenvalue weighted by Gasteiger charge is -2.15. The van der Waals surface area contributed by atoms with E-state index < -0.39 is 28.0 Å². The first-order valence-corrected chi connectivity index (χ1v) is 10.3. The van der Waals surface area contributed by atoms with Gasteiger partial charge in [0.2, 0.25) is 10.0 Å². The van der Waals surface area contributed by atoms with E-state index in [0.29, 0.717) is 6.54 Å². The Hall–Kier alpha value is -1.64. The van der Waals surface area contributed by atoms with Crippen molar-refractivity contribution in [2.75, 3.05) is 6.54 Å². The van der Waals surface area contributed by atoms with Crippen molar-refractivity contribution in [3.05, 3.63) is 28.8 Å². The SMILES string of the molecule is CC(C)CNC(=O)[C@H](C)OC(=O)c1ccc(Cl)c(S(=O)(=O)NC2CC2)c1. The summed E-state index contributed by atoms with van der Waals surface area (Å²) in [6.45, 7) is 5.82. The Morgan fingerprint density at radius 2 is 1.92 bits per heavy atom. The normalized spacial score (nSPS) is 15.6. The molecule has 0 radical (unpaired) electrons. The standard InChI is InChI=1S/C17H23ClN2O5S/c1-10(2)9-19-16(21)11(3)25-17(22)12-4-7-14(18)15(8-12)26(23,24)20-13-5-6-13/h4,7-8,10-11,13,20H,5-6,9H2,1-3H3,(H,19,21)/t11-/m0/s1. The van der Waals surface area contributed by atoms with E-state index in [1.54, 1.807) is 0 Å². The maximum atomic E-state index is 12.3. The van der Waals surface area contributed by atoms with E-state index in [0.717, 1.165) is 18.9 Å². The van der Waals surface area contributed by atoms with Crippen molar-refractivity contribution >= 4 is 33.5 Å². The summed E-state index contributed by atoms with van der Waals surface area (Å²) < 4.78 is 32.3. The highest BCUT2D eigenvalue weighted by Gasteiger charge is 2.30. The highest BCUT2D eigenvalue weighted by molar-refractivity contribution is 7.89. The third kappa shape index (κ3) is 5.69. The first-order valence-electron chi connectivity index (χ1n) is 8.40. The van der Waals surface area contributed by atoms with Crippen LogP contribution in [0.2, 0.25) is 5.02 Å². The zero-order valence-electron chi connectivity index (χ0n) is 14.9. The van der Waals surface area contributed by atoms with Crippen molar-refractivity contribution < 1.29 is 22.7 Å². The molecular weight excluding hydrogens is 380 g/mol. The summed E-state index contributed by atoms with van der Waals surface area (Å²) in [5.41, 5.74) is 0.00841. The number of benzene rings is 1. The molecule has 1 atom stereocenters. The summed E-state index contributed by atoms with van der Waals surface area (Å²) in [7, 11) is -3.82. The van der Waals surface area contributed by atoms with Crippen LogP contribution in [0, 0.1) is 5.92 Å². The molecule has 1 saturated carbocycles. The Morgan fingerprint density at radius 3 is 2.50 bits per heavy atom. The summed E-state index contributed by atoms with van der Waals surface area (Å²) in [6, 6.07) is 3.76. The average Bonchev–Trinajstić information content (AvgIpc) is 3.35. The Morgan fingerprint density at radius 1 is 1.27 bits per heavy atom.